The minimum atomic E-state index is -1.03. The summed E-state index contributed by atoms with van der Waals surface area (Å²) in [4.78, 5) is 30.8. The average molecular weight is 515 g/mol. The maximum Gasteiger partial charge on any atom is 0.258 e. The fourth-order valence-electron chi connectivity index (χ4n) is 5.60. The number of rotatable bonds is 4. The third kappa shape index (κ3) is 3.77. The molecule has 39 heavy (non-hydrogen) atoms. The predicted octanol–water partition coefficient (Wildman–Crippen LogP) is 5.65. The Labute approximate surface area is 225 Å². The van der Waals surface area contributed by atoms with Gasteiger partial charge in [-0.3, -0.25) is 9.59 Å². The molecule has 1 aromatic heterocycles. The van der Waals surface area contributed by atoms with Crippen LogP contribution in [0.1, 0.15) is 56.8 Å². The third-order valence-electron chi connectivity index (χ3n) is 7.65. The summed E-state index contributed by atoms with van der Waals surface area (Å²) < 4.78 is 0. The van der Waals surface area contributed by atoms with Crippen LogP contribution in [0.4, 0.5) is 5.69 Å². The molecule has 2 heterocycles. The predicted molar refractivity (Wildman–Crippen MR) is 151 cm³/mol. The van der Waals surface area contributed by atoms with Gasteiger partial charge in [-0.1, -0.05) is 36.4 Å². The maximum absolute atomic E-state index is 13.4. The van der Waals surface area contributed by atoms with Crippen LogP contribution in [0.3, 0.4) is 0 Å². The number of primary amides is 1. The number of nitriles is 1. The van der Waals surface area contributed by atoms with Crippen molar-refractivity contribution in [3.63, 3.8) is 0 Å². The highest BCUT2D eigenvalue weighted by Crippen LogP contribution is 2.41. The molecular formula is C32H26N4O3. The van der Waals surface area contributed by atoms with Crippen LogP contribution in [0.15, 0.2) is 66.7 Å². The smallest absolute Gasteiger partial charge is 0.258 e. The Morgan fingerprint density at radius 2 is 1.85 bits per heavy atom. The molecule has 0 bridgehead atoms. The van der Waals surface area contributed by atoms with Crippen molar-refractivity contribution in [2.45, 2.75) is 32.9 Å². The molecule has 7 heteroatoms. The number of carbonyl (C=O) groups is 2. The molecular weight excluding hydrogens is 488 g/mol. The highest BCUT2D eigenvalue weighted by atomic mass is 16.3. The van der Waals surface area contributed by atoms with Gasteiger partial charge < -0.3 is 20.7 Å². The molecule has 0 atom stereocenters. The molecule has 1 aliphatic heterocycles. The molecule has 7 nitrogen and oxygen atoms in total. The minimum Gasteiger partial charge on any atom is -0.386 e. The first-order chi connectivity index (χ1) is 18.6. The van der Waals surface area contributed by atoms with E-state index in [4.69, 9.17) is 5.73 Å². The molecule has 6 rings (SSSR count). The van der Waals surface area contributed by atoms with Gasteiger partial charge in [0.25, 0.3) is 11.8 Å². The van der Waals surface area contributed by atoms with Crippen LogP contribution in [-0.2, 0) is 12.1 Å². The van der Waals surface area contributed by atoms with Gasteiger partial charge in [0, 0.05) is 27.5 Å². The molecule has 0 aliphatic carbocycles. The van der Waals surface area contributed by atoms with Crippen molar-refractivity contribution in [1.29, 1.82) is 5.26 Å². The van der Waals surface area contributed by atoms with Crippen molar-refractivity contribution in [3.8, 4) is 17.2 Å². The van der Waals surface area contributed by atoms with E-state index in [1.54, 1.807) is 36.9 Å². The molecule has 4 N–H and O–H groups in total. The molecule has 4 aromatic carbocycles. The number of amides is 2. The Bertz CT molecular complexity index is 1900. The summed E-state index contributed by atoms with van der Waals surface area (Å²) in [6.07, 6.45) is 0. The van der Waals surface area contributed by atoms with Gasteiger partial charge in [-0.2, -0.15) is 5.26 Å². The standard InChI is InChI=1S/C32H26N4O3/c1-17-21(5-4-6-27(17)36-16-19-8-7-18(15-33)13-25(19)31(36)38)22-11-12-24(30(34)37)29-28(22)23-10-9-20(32(2,3)39)14-26(23)35-29/h4-14,35,39H,16H2,1-3H3,(H2,34,37). The Kier molecular flexibility index (Phi) is 5.35. The first-order valence-corrected chi connectivity index (χ1v) is 12.6. The average Bonchev–Trinajstić information content (AvgIpc) is 3.45. The molecule has 1 aliphatic rings. The monoisotopic (exact) mass is 514 g/mol. The zero-order valence-corrected chi connectivity index (χ0v) is 21.8. The summed E-state index contributed by atoms with van der Waals surface area (Å²) in [7, 11) is 0. The van der Waals surface area contributed by atoms with Crippen LogP contribution >= 0.6 is 0 Å². The first-order valence-electron chi connectivity index (χ1n) is 12.6. The zero-order chi connectivity index (χ0) is 27.6. The molecule has 0 unspecified atom stereocenters. The Balaban J connectivity index is 1.54. The topological polar surface area (TPSA) is 123 Å². The summed E-state index contributed by atoms with van der Waals surface area (Å²) >= 11 is 0. The number of aromatic nitrogens is 1. The van der Waals surface area contributed by atoms with Crippen molar-refractivity contribution >= 4 is 39.3 Å². The van der Waals surface area contributed by atoms with E-state index < -0.39 is 11.5 Å². The summed E-state index contributed by atoms with van der Waals surface area (Å²) in [5, 5.41) is 21.6. The molecule has 0 radical (unpaired) electrons. The summed E-state index contributed by atoms with van der Waals surface area (Å²) in [6.45, 7) is 5.86. The molecule has 0 saturated carbocycles. The number of nitrogens with two attached hydrogens (primary N) is 1. The van der Waals surface area contributed by atoms with E-state index in [9.17, 15) is 20.0 Å². The van der Waals surface area contributed by atoms with Crippen molar-refractivity contribution in [3.05, 3.63) is 100 Å². The van der Waals surface area contributed by atoms with Crippen LogP contribution in [-0.4, -0.2) is 21.9 Å². The van der Waals surface area contributed by atoms with Crippen LogP contribution in [0.2, 0.25) is 0 Å². The van der Waals surface area contributed by atoms with Gasteiger partial charge in [0.15, 0.2) is 0 Å². The van der Waals surface area contributed by atoms with Crippen molar-refractivity contribution in [2.24, 2.45) is 5.73 Å². The Hall–Kier alpha value is -4.93. The van der Waals surface area contributed by atoms with Crippen LogP contribution < -0.4 is 10.6 Å². The van der Waals surface area contributed by atoms with Gasteiger partial charge in [0.05, 0.1) is 34.9 Å². The highest BCUT2D eigenvalue weighted by molar-refractivity contribution is 6.20. The van der Waals surface area contributed by atoms with Crippen LogP contribution in [0.25, 0.3) is 32.9 Å². The normalized spacial score (nSPS) is 13.2. The van der Waals surface area contributed by atoms with Gasteiger partial charge in [-0.05, 0) is 78.9 Å². The molecule has 2 amide bonds. The Morgan fingerprint density at radius 3 is 2.56 bits per heavy atom. The molecule has 0 spiro atoms. The summed E-state index contributed by atoms with van der Waals surface area (Å²) in [5.41, 5.74) is 12.6. The number of hydrogen-bond acceptors (Lipinski definition) is 4. The summed E-state index contributed by atoms with van der Waals surface area (Å²) in [6, 6.07) is 22.5. The van der Waals surface area contributed by atoms with Crippen molar-refractivity contribution < 1.29 is 14.7 Å². The van der Waals surface area contributed by atoms with Crippen LogP contribution in [0.5, 0.6) is 0 Å². The fourth-order valence-corrected chi connectivity index (χ4v) is 5.60. The molecule has 5 aromatic rings. The number of nitrogens with zero attached hydrogens (tertiary/aromatic N) is 2. The van der Waals surface area contributed by atoms with Gasteiger partial charge >= 0.3 is 0 Å². The van der Waals surface area contributed by atoms with E-state index in [0.29, 0.717) is 28.8 Å². The first kappa shape index (κ1) is 24.4. The number of hydrogen-bond donors (Lipinski definition) is 3. The highest BCUT2D eigenvalue weighted by Gasteiger charge is 2.30. The van der Waals surface area contributed by atoms with Gasteiger partial charge in [0.1, 0.15) is 0 Å². The quantitative estimate of drug-likeness (QED) is 0.286. The number of benzene rings is 4. The lowest BCUT2D eigenvalue weighted by Crippen LogP contribution is -2.24. The maximum atomic E-state index is 13.4. The van der Waals surface area contributed by atoms with Gasteiger partial charge in [-0.15, -0.1) is 0 Å². The second-order valence-corrected chi connectivity index (χ2v) is 10.5. The third-order valence-corrected chi connectivity index (χ3v) is 7.65. The van der Waals surface area contributed by atoms with E-state index in [-0.39, 0.29) is 5.91 Å². The van der Waals surface area contributed by atoms with Crippen LogP contribution in [0, 0.1) is 18.3 Å². The lowest BCUT2D eigenvalue weighted by atomic mass is 9.92. The zero-order valence-electron chi connectivity index (χ0n) is 21.8. The molecule has 0 fully saturated rings. The number of anilines is 1. The molecule has 0 saturated heterocycles. The number of fused-ring (bicyclic) bond motifs is 4. The van der Waals surface area contributed by atoms with E-state index >= 15 is 0 Å². The number of nitrogens with one attached hydrogen (secondary N) is 1. The number of H-pyrrole nitrogens is 1. The van der Waals surface area contributed by atoms with E-state index in [2.05, 4.69) is 11.1 Å². The largest absolute Gasteiger partial charge is 0.386 e. The second-order valence-electron chi connectivity index (χ2n) is 10.5. The number of carbonyl (C=O) groups excluding carboxylic acids is 2. The number of aromatic amines is 1. The van der Waals surface area contributed by atoms with E-state index in [1.165, 1.54) is 0 Å². The molecule has 192 valence electrons. The fraction of sp³-hybridized carbons (Fsp3) is 0.156. The number of aliphatic hydroxyl groups is 1. The lowest BCUT2D eigenvalue weighted by molar-refractivity contribution is 0.0787. The SMILES string of the molecule is Cc1c(-c2ccc(C(N)=O)c3[nH]c4cc(C(C)(C)O)ccc4c23)cccc1N1Cc2ccc(C#N)cc2C1=O. The van der Waals surface area contributed by atoms with E-state index in [1.807, 2.05) is 55.5 Å². The van der Waals surface area contributed by atoms with Crippen molar-refractivity contribution in [1.82, 2.24) is 4.98 Å². The van der Waals surface area contributed by atoms with Gasteiger partial charge in [0.2, 0.25) is 0 Å². The summed E-state index contributed by atoms with van der Waals surface area (Å²) in [5.74, 6) is -0.675. The Morgan fingerprint density at radius 1 is 1.05 bits per heavy atom. The minimum absolute atomic E-state index is 0.136. The van der Waals surface area contributed by atoms with Gasteiger partial charge in [-0.25, -0.2) is 0 Å². The van der Waals surface area contributed by atoms with E-state index in [0.717, 1.165) is 49.8 Å². The second kappa shape index (κ2) is 8.55. The van der Waals surface area contributed by atoms with Crippen molar-refractivity contribution in [2.75, 3.05) is 4.90 Å². The lowest BCUT2D eigenvalue weighted by Gasteiger charge is -2.21.